The SMILES string of the molecule is CCc1ccc(C(C)N2CCC(C(=O)O)CC2)nc1. The van der Waals surface area contributed by atoms with Crippen molar-refractivity contribution >= 4 is 5.97 Å². The van der Waals surface area contributed by atoms with Crippen molar-refractivity contribution in [3.05, 3.63) is 29.6 Å². The predicted molar refractivity (Wildman–Crippen MR) is 74.0 cm³/mol. The van der Waals surface area contributed by atoms with Crippen LogP contribution in [0, 0.1) is 5.92 Å². The first-order valence-corrected chi connectivity index (χ1v) is 7.03. The summed E-state index contributed by atoms with van der Waals surface area (Å²) in [6.45, 7) is 5.95. The lowest BCUT2D eigenvalue weighted by Crippen LogP contribution is -2.38. The highest BCUT2D eigenvalue weighted by molar-refractivity contribution is 5.70. The second-order valence-electron chi connectivity index (χ2n) is 5.27. The minimum Gasteiger partial charge on any atom is -0.481 e. The second-order valence-corrected chi connectivity index (χ2v) is 5.27. The summed E-state index contributed by atoms with van der Waals surface area (Å²) in [6.07, 6.45) is 4.43. The van der Waals surface area contributed by atoms with E-state index in [2.05, 4.69) is 35.9 Å². The summed E-state index contributed by atoms with van der Waals surface area (Å²) >= 11 is 0. The Labute approximate surface area is 114 Å². The maximum absolute atomic E-state index is 10.9. The summed E-state index contributed by atoms with van der Waals surface area (Å²) in [7, 11) is 0. The average molecular weight is 262 g/mol. The first kappa shape index (κ1) is 14.0. The van der Waals surface area contributed by atoms with Crippen LogP contribution in [0.5, 0.6) is 0 Å². The zero-order valence-corrected chi connectivity index (χ0v) is 11.7. The van der Waals surface area contributed by atoms with Gasteiger partial charge in [0.25, 0.3) is 0 Å². The molecule has 1 fully saturated rings. The number of aryl methyl sites for hydroxylation is 1. The van der Waals surface area contributed by atoms with Crippen LogP contribution < -0.4 is 0 Å². The van der Waals surface area contributed by atoms with E-state index < -0.39 is 5.97 Å². The van der Waals surface area contributed by atoms with Crippen molar-refractivity contribution in [1.29, 1.82) is 0 Å². The second kappa shape index (κ2) is 6.15. The van der Waals surface area contributed by atoms with E-state index in [1.54, 1.807) is 0 Å². The third kappa shape index (κ3) is 3.32. The molecule has 0 amide bonds. The number of piperidine rings is 1. The minimum atomic E-state index is -0.655. The number of carbonyl (C=O) groups is 1. The van der Waals surface area contributed by atoms with Crippen LogP contribution in [-0.2, 0) is 11.2 Å². The van der Waals surface area contributed by atoms with Crippen molar-refractivity contribution in [3.63, 3.8) is 0 Å². The Hall–Kier alpha value is -1.42. The molecule has 0 saturated carbocycles. The van der Waals surface area contributed by atoms with Gasteiger partial charge in [-0.1, -0.05) is 13.0 Å². The molecule has 1 saturated heterocycles. The maximum Gasteiger partial charge on any atom is 0.306 e. The Morgan fingerprint density at radius 1 is 1.47 bits per heavy atom. The van der Waals surface area contributed by atoms with Crippen molar-refractivity contribution in [2.75, 3.05) is 13.1 Å². The van der Waals surface area contributed by atoms with E-state index in [-0.39, 0.29) is 12.0 Å². The van der Waals surface area contributed by atoms with Gasteiger partial charge in [-0.3, -0.25) is 14.7 Å². The number of carboxylic acid groups (broad SMARTS) is 1. The summed E-state index contributed by atoms with van der Waals surface area (Å²) in [5.74, 6) is -0.823. The molecule has 0 bridgehead atoms. The number of hydrogen-bond acceptors (Lipinski definition) is 3. The van der Waals surface area contributed by atoms with Gasteiger partial charge in [0.2, 0.25) is 0 Å². The number of aliphatic carboxylic acids is 1. The highest BCUT2D eigenvalue weighted by Crippen LogP contribution is 2.25. The molecule has 1 aromatic heterocycles. The van der Waals surface area contributed by atoms with Crippen LogP contribution in [0.2, 0.25) is 0 Å². The van der Waals surface area contributed by atoms with E-state index in [0.29, 0.717) is 0 Å². The first-order chi connectivity index (χ1) is 9.11. The van der Waals surface area contributed by atoms with Crippen LogP contribution in [0.3, 0.4) is 0 Å². The van der Waals surface area contributed by atoms with Gasteiger partial charge in [0.05, 0.1) is 11.6 Å². The Bertz CT molecular complexity index is 422. The maximum atomic E-state index is 10.9. The van der Waals surface area contributed by atoms with Gasteiger partial charge in [0.1, 0.15) is 0 Å². The van der Waals surface area contributed by atoms with Crippen molar-refractivity contribution in [2.45, 2.75) is 39.2 Å². The van der Waals surface area contributed by atoms with Crippen molar-refractivity contribution in [1.82, 2.24) is 9.88 Å². The Kier molecular flexibility index (Phi) is 4.53. The van der Waals surface area contributed by atoms with Crippen molar-refractivity contribution in [2.24, 2.45) is 5.92 Å². The van der Waals surface area contributed by atoms with Gasteiger partial charge in [0, 0.05) is 12.2 Å². The summed E-state index contributed by atoms with van der Waals surface area (Å²) < 4.78 is 0. The van der Waals surface area contributed by atoms with Gasteiger partial charge in [-0.25, -0.2) is 0 Å². The van der Waals surface area contributed by atoms with Gasteiger partial charge >= 0.3 is 5.97 Å². The van der Waals surface area contributed by atoms with E-state index >= 15 is 0 Å². The standard InChI is InChI=1S/C15H22N2O2/c1-3-12-4-5-14(16-10-12)11(2)17-8-6-13(7-9-17)15(18)19/h4-5,10-11,13H,3,6-9H2,1-2H3,(H,18,19). The van der Waals surface area contributed by atoms with Crippen LogP contribution in [0.25, 0.3) is 0 Å². The van der Waals surface area contributed by atoms with Crippen molar-refractivity contribution in [3.8, 4) is 0 Å². The smallest absolute Gasteiger partial charge is 0.306 e. The topological polar surface area (TPSA) is 53.4 Å². The number of hydrogen-bond donors (Lipinski definition) is 1. The van der Waals surface area contributed by atoms with E-state index in [9.17, 15) is 4.79 Å². The Balaban J connectivity index is 1.96. The van der Waals surface area contributed by atoms with E-state index in [4.69, 9.17) is 5.11 Å². The zero-order valence-electron chi connectivity index (χ0n) is 11.7. The monoisotopic (exact) mass is 262 g/mol. The lowest BCUT2D eigenvalue weighted by atomic mass is 9.95. The van der Waals surface area contributed by atoms with Crippen LogP contribution in [0.4, 0.5) is 0 Å². The van der Waals surface area contributed by atoms with Gasteiger partial charge in [-0.2, -0.15) is 0 Å². The molecule has 104 valence electrons. The first-order valence-electron chi connectivity index (χ1n) is 7.03. The molecule has 1 atom stereocenters. The minimum absolute atomic E-state index is 0.168. The molecular formula is C15H22N2O2. The highest BCUT2D eigenvalue weighted by atomic mass is 16.4. The predicted octanol–water partition coefficient (Wildman–Crippen LogP) is 2.50. The van der Waals surface area contributed by atoms with E-state index in [1.165, 1.54) is 5.56 Å². The van der Waals surface area contributed by atoms with Crippen LogP contribution in [0.1, 0.15) is 44.0 Å². The molecule has 1 N–H and O–H groups in total. The Morgan fingerprint density at radius 3 is 2.63 bits per heavy atom. The number of pyridine rings is 1. The number of rotatable bonds is 4. The van der Waals surface area contributed by atoms with Crippen LogP contribution in [0.15, 0.2) is 18.3 Å². The molecule has 19 heavy (non-hydrogen) atoms. The molecule has 1 aromatic rings. The summed E-state index contributed by atoms with van der Waals surface area (Å²) in [5.41, 5.74) is 2.33. The molecule has 4 nitrogen and oxygen atoms in total. The van der Waals surface area contributed by atoms with Crippen molar-refractivity contribution < 1.29 is 9.90 Å². The quantitative estimate of drug-likeness (QED) is 0.905. The molecule has 1 unspecified atom stereocenters. The summed E-state index contributed by atoms with van der Waals surface area (Å²) in [4.78, 5) is 17.8. The molecule has 0 aliphatic carbocycles. The van der Waals surface area contributed by atoms with Gasteiger partial charge in [0.15, 0.2) is 0 Å². The molecular weight excluding hydrogens is 240 g/mol. The lowest BCUT2D eigenvalue weighted by Gasteiger charge is -2.34. The fourth-order valence-electron chi connectivity index (χ4n) is 2.61. The average Bonchev–Trinajstić information content (AvgIpc) is 2.46. The van der Waals surface area contributed by atoms with Crippen LogP contribution >= 0.6 is 0 Å². The molecule has 0 radical (unpaired) electrons. The zero-order chi connectivity index (χ0) is 13.8. The molecule has 2 heterocycles. The fraction of sp³-hybridized carbons (Fsp3) is 0.600. The van der Waals surface area contributed by atoms with E-state index in [1.807, 2.05) is 6.20 Å². The third-order valence-corrected chi connectivity index (χ3v) is 4.11. The number of aromatic nitrogens is 1. The van der Waals surface area contributed by atoms with Gasteiger partial charge in [-0.05, 0) is 50.9 Å². The lowest BCUT2D eigenvalue weighted by molar-refractivity contribution is -0.143. The normalized spacial score (nSPS) is 19.3. The van der Waals surface area contributed by atoms with E-state index in [0.717, 1.165) is 38.0 Å². The molecule has 0 aromatic carbocycles. The number of nitrogens with zero attached hydrogens (tertiary/aromatic N) is 2. The molecule has 1 aliphatic heterocycles. The third-order valence-electron chi connectivity index (χ3n) is 4.11. The fourth-order valence-corrected chi connectivity index (χ4v) is 2.61. The summed E-state index contributed by atoms with van der Waals surface area (Å²) in [5, 5.41) is 9.01. The molecule has 0 spiro atoms. The highest BCUT2D eigenvalue weighted by Gasteiger charge is 2.27. The largest absolute Gasteiger partial charge is 0.481 e. The van der Waals surface area contributed by atoms with Gasteiger partial charge < -0.3 is 5.11 Å². The molecule has 4 heteroatoms. The summed E-state index contributed by atoms with van der Waals surface area (Å²) in [6, 6.07) is 4.48. The number of likely N-dealkylation sites (tertiary alicyclic amines) is 1. The molecule has 2 rings (SSSR count). The number of carboxylic acids is 1. The Morgan fingerprint density at radius 2 is 2.16 bits per heavy atom. The van der Waals surface area contributed by atoms with Gasteiger partial charge in [-0.15, -0.1) is 0 Å². The molecule has 1 aliphatic rings. The van der Waals surface area contributed by atoms with Crippen LogP contribution in [-0.4, -0.2) is 34.0 Å².